The molecule has 0 aliphatic carbocycles. The van der Waals surface area contributed by atoms with Gasteiger partial charge in [-0.3, -0.25) is 9.58 Å². The minimum Gasteiger partial charge on any atom is -0.375 e. The van der Waals surface area contributed by atoms with Crippen LogP contribution >= 0.6 is 11.3 Å². The zero-order valence-corrected chi connectivity index (χ0v) is 12.9. The van der Waals surface area contributed by atoms with Gasteiger partial charge in [-0.15, -0.1) is 23.0 Å². The average molecular weight is 305 g/mol. The van der Waals surface area contributed by atoms with Crippen LogP contribution in [0.3, 0.4) is 0 Å². The third kappa shape index (κ3) is 3.04. The second-order valence-electron chi connectivity index (χ2n) is 5.03. The lowest BCUT2D eigenvalue weighted by Gasteiger charge is -2.33. The summed E-state index contributed by atoms with van der Waals surface area (Å²) in [5.74, 6) is 0. The van der Waals surface area contributed by atoms with E-state index in [1.165, 1.54) is 5.69 Å². The van der Waals surface area contributed by atoms with Gasteiger partial charge >= 0.3 is 0 Å². The van der Waals surface area contributed by atoms with Crippen LogP contribution in [0, 0.1) is 0 Å². The Kier molecular flexibility index (Phi) is 4.42. The van der Waals surface area contributed by atoms with E-state index in [-0.39, 0.29) is 6.04 Å². The van der Waals surface area contributed by atoms with Crippen molar-refractivity contribution in [2.75, 3.05) is 19.8 Å². The molecule has 3 heterocycles. The van der Waals surface area contributed by atoms with Gasteiger partial charge in [-0.1, -0.05) is 11.3 Å². The standard InChI is InChI=1S/C14H19N5OS/c1-3-7-20-10-12-14-11(18(2)17-16-14)4-6-19(12)9-13-15-5-8-21-13/h3,5,8,12H,1,4,6-7,9-10H2,2H3/t12-/m1/s1. The zero-order valence-electron chi connectivity index (χ0n) is 12.1. The van der Waals surface area contributed by atoms with Crippen molar-refractivity contribution in [2.45, 2.75) is 19.0 Å². The first-order chi connectivity index (χ1) is 10.3. The Morgan fingerprint density at radius 3 is 3.24 bits per heavy atom. The molecule has 0 fully saturated rings. The van der Waals surface area contributed by atoms with Crippen molar-refractivity contribution < 1.29 is 4.74 Å². The highest BCUT2D eigenvalue weighted by Crippen LogP contribution is 2.29. The Bertz CT molecular complexity index is 595. The Labute approximate surface area is 128 Å². The Morgan fingerprint density at radius 1 is 1.57 bits per heavy atom. The van der Waals surface area contributed by atoms with Gasteiger partial charge in [-0.05, 0) is 0 Å². The number of thiazole rings is 1. The monoisotopic (exact) mass is 305 g/mol. The predicted octanol–water partition coefficient (Wildman–Crippen LogP) is 1.57. The van der Waals surface area contributed by atoms with Crippen molar-refractivity contribution in [2.24, 2.45) is 7.05 Å². The highest BCUT2D eigenvalue weighted by molar-refractivity contribution is 7.09. The number of nitrogens with zero attached hydrogens (tertiary/aromatic N) is 5. The maximum Gasteiger partial charge on any atom is 0.107 e. The average Bonchev–Trinajstić information content (AvgIpc) is 3.11. The summed E-state index contributed by atoms with van der Waals surface area (Å²) in [5, 5.41) is 11.6. The molecule has 0 N–H and O–H groups in total. The highest BCUT2D eigenvalue weighted by atomic mass is 32.1. The molecule has 7 heteroatoms. The highest BCUT2D eigenvalue weighted by Gasteiger charge is 2.32. The van der Waals surface area contributed by atoms with E-state index < -0.39 is 0 Å². The van der Waals surface area contributed by atoms with Crippen LogP contribution in [0.2, 0.25) is 0 Å². The van der Waals surface area contributed by atoms with Crippen LogP contribution in [0.15, 0.2) is 24.2 Å². The fourth-order valence-corrected chi connectivity index (χ4v) is 3.30. The van der Waals surface area contributed by atoms with E-state index in [0.29, 0.717) is 13.2 Å². The molecule has 112 valence electrons. The van der Waals surface area contributed by atoms with Crippen molar-refractivity contribution in [1.82, 2.24) is 24.9 Å². The summed E-state index contributed by atoms with van der Waals surface area (Å²) in [6, 6.07) is 0.131. The maximum atomic E-state index is 5.68. The van der Waals surface area contributed by atoms with Gasteiger partial charge in [0.25, 0.3) is 0 Å². The largest absolute Gasteiger partial charge is 0.375 e. The molecular formula is C14H19N5OS. The van der Waals surface area contributed by atoms with Crippen LogP contribution in [-0.4, -0.2) is 44.6 Å². The lowest BCUT2D eigenvalue weighted by atomic mass is 10.0. The van der Waals surface area contributed by atoms with Gasteiger partial charge in [0, 0.05) is 31.6 Å². The van der Waals surface area contributed by atoms with Crippen LogP contribution < -0.4 is 0 Å². The minimum atomic E-state index is 0.131. The van der Waals surface area contributed by atoms with E-state index in [1.807, 2.05) is 23.3 Å². The molecule has 1 atom stereocenters. The van der Waals surface area contributed by atoms with Crippen molar-refractivity contribution >= 4 is 11.3 Å². The SMILES string of the molecule is C=CCOC[C@@H]1c2nnn(C)c2CCN1Cc1nccs1. The molecule has 1 aliphatic heterocycles. The molecule has 6 nitrogen and oxygen atoms in total. The van der Waals surface area contributed by atoms with E-state index in [2.05, 4.69) is 26.8 Å². The Morgan fingerprint density at radius 2 is 2.48 bits per heavy atom. The van der Waals surface area contributed by atoms with Gasteiger partial charge in [0.1, 0.15) is 10.7 Å². The third-order valence-corrected chi connectivity index (χ3v) is 4.46. The molecule has 21 heavy (non-hydrogen) atoms. The quantitative estimate of drug-likeness (QED) is 0.599. The smallest absolute Gasteiger partial charge is 0.107 e. The second-order valence-corrected chi connectivity index (χ2v) is 6.01. The molecule has 0 unspecified atom stereocenters. The lowest BCUT2D eigenvalue weighted by molar-refractivity contribution is 0.0599. The maximum absolute atomic E-state index is 5.68. The van der Waals surface area contributed by atoms with Crippen LogP contribution in [0.25, 0.3) is 0 Å². The fourth-order valence-electron chi connectivity index (χ4n) is 2.66. The molecule has 0 amide bonds. The van der Waals surface area contributed by atoms with E-state index in [1.54, 1.807) is 17.4 Å². The number of aryl methyl sites for hydroxylation is 1. The number of fused-ring (bicyclic) bond motifs is 1. The van der Waals surface area contributed by atoms with Gasteiger partial charge in [0.2, 0.25) is 0 Å². The number of ether oxygens (including phenoxy) is 1. The molecule has 1 aliphatic rings. The predicted molar refractivity (Wildman–Crippen MR) is 81.0 cm³/mol. The van der Waals surface area contributed by atoms with Crippen molar-refractivity contribution in [3.8, 4) is 0 Å². The minimum absolute atomic E-state index is 0.131. The van der Waals surface area contributed by atoms with Crippen molar-refractivity contribution in [1.29, 1.82) is 0 Å². The summed E-state index contributed by atoms with van der Waals surface area (Å²) in [6.07, 6.45) is 4.58. The number of rotatable bonds is 6. The molecule has 0 spiro atoms. The van der Waals surface area contributed by atoms with Crippen LogP contribution in [-0.2, 0) is 24.8 Å². The topological polar surface area (TPSA) is 56.1 Å². The first kappa shape index (κ1) is 14.4. The normalized spacial score (nSPS) is 18.6. The Balaban J connectivity index is 1.80. The van der Waals surface area contributed by atoms with Gasteiger partial charge < -0.3 is 4.74 Å². The molecule has 0 aromatic carbocycles. The van der Waals surface area contributed by atoms with Crippen molar-refractivity contribution in [3.05, 3.63) is 40.6 Å². The molecule has 0 saturated carbocycles. The van der Waals surface area contributed by atoms with Crippen molar-refractivity contribution in [3.63, 3.8) is 0 Å². The molecular weight excluding hydrogens is 286 g/mol. The number of hydrogen-bond donors (Lipinski definition) is 0. The third-order valence-electron chi connectivity index (χ3n) is 3.70. The van der Waals surface area contributed by atoms with Gasteiger partial charge in [0.05, 0.1) is 31.5 Å². The summed E-state index contributed by atoms with van der Waals surface area (Å²) < 4.78 is 7.56. The molecule has 0 bridgehead atoms. The van der Waals surface area contributed by atoms with E-state index in [0.717, 1.165) is 30.2 Å². The molecule has 0 saturated heterocycles. The summed E-state index contributed by atoms with van der Waals surface area (Å²) >= 11 is 1.68. The first-order valence-electron chi connectivity index (χ1n) is 6.99. The number of aromatic nitrogens is 4. The van der Waals surface area contributed by atoms with E-state index in [4.69, 9.17) is 4.74 Å². The van der Waals surface area contributed by atoms with Crippen LogP contribution in [0.5, 0.6) is 0 Å². The molecule has 2 aromatic heterocycles. The first-order valence-corrected chi connectivity index (χ1v) is 7.87. The molecule has 3 rings (SSSR count). The summed E-state index contributed by atoms with van der Waals surface area (Å²) in [5.41, 5.74) is 2.24. The zero-order chi connectivity index (χ0) is 14.7. The van der Waals surface area contributed by atoms with Gasteiger partial charge in [0.15, 0.2) is 0 Å². The number of hydrogen-bond acceptors (Lipinski definition) is 6. The van der Waals surface area contributed by atoms with Gasteiger partial charge in [-0.25, -0.2) is 4.98 Å². The molecule has 2 aromatic rings. The summed E-state index contributed by atoms with van der Waals surface area (Å²) in [4.78, 5) is 6.75. The molecule has 0 radical (unpaired) electrons. The van der Waals surface area contributed by atoms with E-state index >= 15 is 0 Å². The van der Waals surface area contributed by atoms with E-state index in [9.17, 15) is 0 Å². The summed E-state index contributed by atoms with van der Waals surface area (Å²) in [7, 11) is 1.95. The van der Waals surface area contributed by atoms with Crippen LogP contribution in [0.1, 0.15) is 22.4 Å². The van der Waals surface area contributed by atoms with Crippen LogP contribution in [0.4, 0.5) is 0 Å². The second kappa shape index (κ2) is 6.46. The summed E-state index contributed by atoms with van der Waals surface area (Å²) in [6.45, 7) is 6.64. The Hall–Kier alpha value is -1.57. The fraction of sp³-hybridized carbons (Fsp3) is 0.500. The lowest BCUT2D eigenvalue weighted by Crippen LogP contribution is -2.38. The van der Waals surface area contributed by atoms with Gasteiger partial charge in [-0.2, -0.15) is 0 Å².